The van der Waals surface area contributed by atoms with Crippen LogP contribution in [0.2, 0.25) is 0 Å². The molecule has 4 atom stereocenters. The Bertz CT molecular complexity index is 191. The van der Waals surface area contributed by atoms with Gasteiger partial charge in [-0.25, -0.2) is 9.90 Å². The molecule has 0 amide bonds. The smallest absolute Gasteiger partial charge is 0.386 e. The van der Waals surface area contributed by atoms with Crippen molar-refractivity contribution in [3.05, 3.63) is 0 Å². The monoisotopic (exact) mass is 192 g/mol. The third-order valence-corrected chi connectivity index (χ3v) is 1.36. The van der Waals surface area contributed by atoms with Gasteiger partial charge in [-0.2, -0.15) is 0 Å². The summed E-state index contributed by atoms with van der Waals surface area (Å²) in [5.74, 6) is -2.02. The molecule has 74 valence electrons. The SMILES string of the molecule is [O]C(=O)C(O)C(O)C(O)C(O)[C]=O. The molecule has 4 N–H and O–H groups in total. The zero-order chi connectivity index (χ0) is 10.6. The maximum Gasteiger partial charge on any atom is 0.386 e. The van der Waals surface area contributed by atoms with Gasteiger partial charge in [-0.15, -0.1) is 0 Å². The summed E-state index contributed by atoms with van der Waals surface area (Å²) in [6.07, 6.45) is -7.87. The van der Waals surface area contributed by atoms with Crippen molar-refractivity contribution >= 4 is 12.3 Å². The van der Waals surface area contributed by atoms with E-state index in [2.05, 4.69) is 0 Å². The number of hydrogen-bond acceptors (Lipinski definition) is 6. The molecule has 0 saturated heterocycles. The van der Waals surface area contributed by atoms with Crippen LogP contribution in [0.4, 0.5) is 0 Å². The number of carbonyl (C=O) groups is 1. The summed E-state index contributed by atoms with van der Waals surface area (Å²) < 4.78 is 0. The molecular weight excluding hydrogens is 184 g/mol. The molecule has 7 nitrogen and oxygen atoms in total. The molecule has 2 radical (unpaired) electrons. The highest BCUT2D eigenvalue weighted by molar-refractivity contribution is 5.72. The predicted octanol–water partition coefficient (Wildman–Crippen LogP) is -3.50. The van der Waals surface area contributed by atoms with Crippen molar-refractivity contribution in [2.75, 3.05) is 0 Å². The quantitative estimate of drug-likeness (QED) is 0.357. The van der Waals surface area contributed by atoms with Gasteiger partial charge in [0.05, 0.1) is 0 Å². The fourth-order valence-electron chi connectivity index (χ4n) is 0.583. The summed E-state index contributed by atoms with van der Waals surface area (Å²) in [4.78, 5) is 19.7. The molecule has 0 aromatic rings. The lowest BCUT2D eigenvalue weighted by Crippen LogP contribution is -2.47. The summed E-state index contributed by atoms with van der Waals surface area (Å²) in [5.41, 5.74) is 0. The Labute approximate surface area is 72.9 Å². The van der Waals surface area contributed by atoms with Gasteiger partial charge in [0.1, 0.15) is 18.3 Å². The van der Waals surface area contributed by atoms with Crippen molar-refractivity contribution in [1.82, 2.24) is 0 Å². The Morgan fingerprint density at radius 1 is 1.08 bits per heavy atom. The van der Waals surface area contributed by atoms with E-state index in [1.807, 2.05) is 0 Å². The Morgan fingerprint density at radius 3 is 1.85 bits per heavy atom. The second-order valence-electron chi connectivity index (χ2n) is 2.31. The average Bonchev–Trinajstić information content (AvgIpc) is 2.12. The molecule has 7 heteroatoms. The van der Waals surface area contributed by atoms with Crippen LogP contribution in [0.5, 0.6) is 0 Å². The van der Waals surface area contributed by atoms with Crippen molar-refractivity contribution < 1.29 is 35.1 Å². The van der Waals surface area contributed by atoms with E-state index in [1.165, 1.54) is 0 Å². The summed E-state index contributed by atoms with van der Waals surface area (Å²) in [6.45, 7) is 0. The van der Waals surface area contributed by atoms with E-state index in [4.69, 9.17) is 20.4 Å². The number of hydrogen-bond donors (Lipinski definition) is 4. The van der Waals surface area contributed by atoms with Gasteiger partial charge in [-0.3, -0.25) is 4.79 Å². The van der Waals surface area contributed by atoms with Crippen LogP contribution >= 0.6 is 0 Å². The van der Waals surface area contributed by atoms with Crippen LogP contribution in [-0.4, -0.2) is 57.1 Å². The first kappa shape index (κ1) is 12.0. The Balaban J connectivity index is 4.32. The third-order valence-electron chi connectivity index (χ3n) is 1.36. The Morgan fingerprint density at radius 2 is 1.54 bits per heavy atom. The van der Waals surface area contributed by atoms with Gasteiger partial charge < -0.3 is 20.4 Å². The lowest BCUT2D eigenvalue weighted by molar-refractivity contribution is -0.166. The maximum atomic E-state index is 9.94. The zero-order valence-electron chi connectivity index (χ0n) is 6.32. The van der Waals surface area contributed by atoms with Crippen LogP contribution in [0, 0.1) is 0 Å². The number of aliphatic hydroxyl groups is 4. The second-order valence-corrected chi connectivity index (χ2v) is 2.31. The minimum absolute atomic E-state index is 0.910. The number of aliphatic hydroxyl groups excluding tert-OH is 4. The molecule has 0 fully saturated rings. The molecule has 0 aliphatic carbocycles. The molecule has 0 aromatic carbocycles. The summed E-state index contributed by atoms with van der Waals surface area (Å²) in [6, 6.07) is 0. The van der Waals surface area contributed by atoms with Gasteiger partial charge in [-0.1, -0.05) is 0 Å². The van der Waals surface area contributed by atoms with E-state index in [0.29, 0.717) is 0 Å². The first-order chi connectivity index (χ1) is 5.91. The minimum Gasteiger partial charge on any atom is -0.387 e. The van der Waals surface area contributed by atoms with Crippen molar-refractivity contribution in [3.63, 3.8) is 0 Å². The van der Waals surface area contributed by atoms with E-state index in [9.17, 15) is 14.7 Å². The molecular formula is C6H8O7. The van der Waals surface area contributed by atoms with Crippen LogP contribution in [0.3, 0.4) is 0 Å². The van der Waals surface area contributed by atoms with E-state index < -0.39 is 30.4 Å². The average molecular weight is 192 g/mol. The highest BCUT2D eigenvalue weighted by Gasteiger charge is 2.35. The zero-order valence-corrected chi connectivity index (χ0v) is 6.32. The van der Waals surface area contributed by atoms with Crippen molar-refractivity contribution in [2.45, 2.75) is 24.4 Å². The van der Waals surface area contributed by atoms with Gasteiger partial charge in [0.25, 0.3) is 0 Å². The lowest BCUT2D eigenvalue weighted by Gasteiger charge is -2.20. The molecule has 0 aliphatic heterocycles. The summed E-state index contributed by atoms with van der Waals surface area (Å²) >= 11 is 0. The van der Waals surface area contributed by atoms with Crippen LogP contribution in [0.25, 0.3) is 0 Å². The maximum absolute atomic E-state index is 9.94. The van der Waals surface area contributed by atoms with Gasteiger partial charge in [0.2, 0.25) is 6.29 Å². The Hall–Kier alpha value is -1.02. The molecule has 0 spiro atoms. The van der Waals surface area contributed by atoms with Crippen LogP contribution in [0.15, 0.2) is 0 Å². The number of carbonyl (C=O) groups excluding carboxylic acids is 2. The molecule has 13 heavy (non-hydrogen) atoms. The first-order valence-electron chi connectivity index (χ1n) is 3.22. The highest BCUT2D eigenvalue weighted by atomic mass is 16.4. The molecule has 0 rings (SSSR count). The predicted molar refractivity (Wildman–Crippen MR) is 35.4 cm³/mol. The molecule has 0 aliphatic rings. The second kappa shape index (κ2) is 4.87. The van der Waals surface area contributed by atoms with E-state index in [0.717, 1.165) is 6.29 Å². The standard InChI is InChI=1S/C6H8O7/c7-1-2(8)3(9)4(10)5(11)6(12)13/h2-5,8-11H. The van der Waals surface area contributed by atoms with Gasteiger partial charge in [0, 0.05) is 0 Å². The van der Waals surface area contributed by atoms with Crippen molar-refractivity contribution in [3.8, 4) is 0 Å². The minimum atomic E-state index is -2.38. The topological polar surface area (TPSA) is 135 Å². The van der Waals surface area contributed by atoms with E-state index in [-0.39, 0.29) is 0 Å². The molecule has 0 aromatic heterocycles. The molecule has 0 heterocycles. The lowest BCUT2D eigenvalue weighted by atomic mass is 10.0. The van der Waals surface area contributed by atoms with Crippen molar-refractivity contribution in [2.24, 2.45) is 0 Å². The third kappa shape index (κ3) is 3.07. The normalized spacial score (nSPS) is 20.0. The van der Waals surface area contributed by atoms with Gasteiger partial charge in [0.15, 0.2) is 6.10 Å². The summed E-state index contributed by atoms with van der Waals surface area (Å²) in [5, 5.41) is 44.7. The van der Waals surface area contributed by atoms with Crippen LogP contribution < -0.4 is 0 Å². The van der Waals surface area contributed by atoms with E-state index in [1.54, 1.807) is 0 Å². The van der Waals surface area contributed by atoms with Crippen LogP contribution in [-0.2, 0) is 14.7 Å². The molecule has 0 saturated carbocycles. The highest BCUT2D eigenvalue weighted by Crippen LogP contribution is 2.04. The number of rotatable bonds is 5. The van der Waals surface area contributed by atoms with E-state index >= 15 is 0 Å². The van der Waals surface area contributed by atoms with Crippen molar-refractivity contribution in [1.29, 1.82) is 0 Å². The largest absolute Gasteiger partial charge is 0.387 e. The Kier molecular flexibility index (Phi) is 4.49. The molecule has 0 bridgehead atoms. The van der Waals surface area contributed by atoms with Crippen LogP contribution in [0.1, 0.15) is 0 Å². The first-order valence-corrected chi connectivity index (χ1v) is 3.22. The van der Waals surface area contributed by atoms with Gasteiger partial charge >= 0.3 is 5.97 Å². The molecule has 4 unspecified atom stereocenters. The fourth-order valence-corrected chi connectivity index (χ4v) is 0.583. The van der Waals surface area contributed by atoms with Gasteiger partial charge in [-0.05, 0) is 0 Å². The fraction of sp³-hybridized carbons (Fsp3) is 0.667. The summed E-state index contributed by atoms with van der Waals surface area (Å²) in [7, 11) is 0.